The van der Waals surface area contributed by atoms with E-state index in [2.05, 4.69) is 4.98 Å². The van der Waals surface area contributed by atoms with E-state index in [9.17, 15) is 4.79 Å². The number of nitrogen functional groups attached to an aromatic ring is 1. The summed E-state index contributed by atoms with van der Waals surface area (Å²) >= 11 is 0. The van der Waals surface area contributed by atoms with E-state index in [4.69, 9.17) is 5.73 Å². The van der Waals surface area contributed by atoms with Gasteiger partial charge in [-0.2, -0.15) is 0 Å². The molecule has 3 heteroatoms. The first-order valence-electron chi connectivity index (χ1n) is 5.01. The third-order valence-electron chi connectivity index (χ3n) is 2.40. The number of nitrogens with zero attached hydrogens (tertiary/aromatic N) is 1. The number of Topliss-reactive ketones (excluding diaryl/α,β-unsaturated/α-hetero) is 1. The first-order valence-corrected chi connectivity index (χ1v) is 5.01. The van der Waals surface area contributed by atoms with Gasteiger partial charge in [-0.15, -0.1) is 0 Å². The molecule has 16 heavy (non-hydrogen) atoms. The van der Waals surface area contributed by atoms with Gasteiger partial charge in [-0.25, -0.2) is 0 Å². The lowest BCUT2D eigenvalue weighted by atomic mass is 10.0. The zero-order valence-corrected chi connectivity index (χ0v) is 8.97. The Morgan fingerprint density at radius 1 is 1.19 bits per heavy atom. The van der Waals surface area contributed by atoms with E-state index in [0.29, 0.717) is 16.9 Å². The molecule has 0 unspecified atom stereocenters. The molecule has 0 aliphatic rings. The van der Waals surface area contributed by atoms with Gasteiger partial charge < -0.3 is 5.73 Å². The van der Waals surface area contributed by atoms with Gasteiger partial charge in [0.15, 0.2) is 5.78 Å². The highest BCUT2D eigenvalue weighted by Crippen LogP contribution is 2.26. The number of nitrogens with two attached hydrogens (primary N) is 1. The largest absolute Gasteiger partial charge is 0.397 e. The second-order valence-corrected chi connectivity index (χ2v) is 3.54. The maximum absolute atomic E-state index is 11.5. The molecular weight excluding hydrogens is 200 g/mol. The molecular formula is C13H12N2O. The van der Waals surface area contributed by atoms with Crippen LogP contribution in [0, 0.1) is 0 Å². The van der Waals surface area contributed by atoms with E-state index in [1.54, 1.807) is 24.4 Å². The molecule has 0 aliphatic carbocycles. The van der Waals surface area contributed by atoms with Crippen LogP contribution in [-0.2, 0) is 0 Å². The third-order valence-corrected chi connectivity index (χ3v) is 2.40. The quantitative estimate of drug-likeness (QED) is 0.778. The average molecular weight is 212 g/mol. The Morgan fingerprint density at radius 2 is 1.94 bits per heavy atom. The molecule has 1 heterocycles. The molecule has 2 rings (SSSR count). The van der Waals surface area contributed by atoms with Crippen LogP contribution in [0.15, 0.2) is 42.6 Å². The van der Waals surface area contributed by atoms with Gasteiger partial charge in [-0.05, 0) is 19.1 Å². The minimum atomic E-state index is 0.0145. The van der Waals surface area contributed by atoms with Gasteiger partial charge in [0.1, 0.15) is 0 Å². The molecule has 2 N–H and O–H groups in total. The third kappa shape index (κ3) is 1.80. The lowest BCUT2D eigenvalue weighted by molar-refractivity contribution is 0.101. The topological polar surface area (TPSA) is 56.0 Å². The van der Waals surface area contributed by atoms with Crippen molar-refractivity contribution in [2.45, 2.75) is 6.92 Å². The van der Waals surface area contributed by atoms with E-state index in [0.717, 1.165) is 5.56 Å². The van der Waals surface area contributed by atoms with Gasteiger partial charge in [0.25, 0.3) is 0 Å². The normalized spacial score (nSPS) is 10.1. The maximum atomic E-state index is 11.5. The maximum Gasteiger partial charge on any atom is 0.160 e. The van der Waals surface area contributed by atoms with Crippen LogP contribution in [-0.4, -0.2) is 10.8 Å². The van der Waals surface area contributed by atoms with Crippen molar-refractivity contribution in [2.75, 3.05) is 5.73 Å². The fraction of sp³-hybridized carbons (Fsp3) is 0.0769. The Labute approximate surface area is 93.9 Å². The first kappa shape index (κ1) is 10.4. The van der Waals surface area contributed by atoms with Gasteiger partial charge in [0.05, 0.1) is 11.4 Å². The molecule has 1 aromatic carbocycles. The fourth-order valence-electron chi connectivity index (χ4n) is 1.64. The summed E-state index contributed by atoms with van der Waals surface area (Å²) in [6.07, 6.45) is 1.67. The van der Waals surface area contributed by atoms with Crippen LogP contribution in [0.1, 0.15) is 17.3 Å². The lowest BCUT2D eigenvalue weighted by Crippen LogP contribution is -1.99. The highest BCUT2D eigenvalue weighted by molar-refractivity contribution is 6.01. The summed E-state index contributed by atoms with van der Waals surface area (Å²) in [7, 11) is 0. The van der Waals surface area contributed by atoms with Crippen LogP contribution in [0.3, 0.4) is 0 Å². The van der Waals surface area contributed by atoms with E-state index in [-0.39, 0.29) is 5.78 Å². The van der Waals surface area contributed by atoms with Crippen molar-refractivity contribution >= 4 is 11.5 Å². The van der Waals surface area contributed by atoms with Crippen molar-refractivity contribution in [2.24, 2.45) is 0 Å². The van der Waals surface area contributed by atoms with Crippen molar-refractivity contribution in [3.05, 3.63) is 48.2 Å². The summed E-state index contributed by atoms with van der Waals surface area (Å²) in [6, 6.07) is 10.9. The number of carbonyl (C=O) groups excluding carboxylic acids is 1. The van der Waals surface area contributed by atoms with Gasteiger partial charge in [-0.3, -0.25) is 9.78 Å². The van der Waals surface area contributed by atoms with Gasteiger partial charge in [-0.1, -0.05) is 24.3 Å². The van der Waals surface area contributed by atoms with Gasteiger partial charge >= 0.3 is 0 Å². The SMILES string of the molecule is CC(=O)c1ccccc1-c1ncccc1N. The smallest absolute Gasteiger partial charge is 0.160 e. The van der Waals surface area contributed by atoms with Crippen molar-refractivity contribution in [3.63, 3.8) is 0 Å². The van der Waals surface area contributed by atoms with Crippen molar-refractivity contribution in [1.29, 1.82) is 0 Å². The van der Waals surface area contributed by atoms with Gasteiger partial charge in [0.2, 0.25) is 0 Å². The molecule has 80 valence electrons. The summed E-state index contributed by atoms with van der Waals surface area (Å²) in [5.74, 6) is 0.0145. The number of rotatable bonds is 2. The molecule has 0 spiro atoms. The monoisotopic (exact) mass is 212 g/mol. The Bertz CT molecular complexity index is 535. The minimum Gasteiger partial charge on any atom is -0.397 e. The number of anilines is 1. The highest BCUT2D eigenvalue weighted by Gasteiger charge is 2.11. The average Bonchev–Trinajstić information content (AvgIpc) is 2.29. The number of aromatic nitrogens is 1. The van der Waals surface area contributed by atoms with Crippen molar-refractivity contribution in [1.82, 2.24) is 4.98 Å². The lowest BCUT2D eigenvalue weighted by Gasteiger charge is -2.07. The summed E-state index contributed by atoms with van der Waals surface area (Å²) in [5.41, 5.74) is 8.52. The molecule has 3 nitrogen and oxygen atoms in total. The van der Waals surface area contributed by atoms with Crippen molar-refractivity contribution in [3.8, 4) is 11.3 Å². The van der Waals surface area contributed by atoms with E-state index in [1.807, 2.05) is 18.2 Å². The summed E-state index contributed by atoms with van der Waals surface area (Å²) in [4.78, 5) is 15.7. The molecule has 0 fully saturated rings. The second kappa shape index (κ2) is 4.14. The number of hydrogen-bond donors (Lipinski definition) is 1. The first-order chi connectivity index (χ1) is 7.70. The summed E-state index contributed by atoms with van der Waals surface area (Å²) < 4.78 is 0. The Hall–Kier alpha value is -2.16. The summed E-state index contributed by atoms with van der Waals surface area (Å²) in [5, 5.41) is 0. The molecule has 2 aromatic rings. The van der Waals surface area contributed by atoms with Crippen LogP contribution >= 0.6 is 0 Å². The zero-order chi connectivity index (χ0) is 11.5. The van der Waals surface area contributed by atoms with Crippen LogP contribution in [0.2, 0.25) is 0 Å². The Kier molecular flexibility index (Phi) is 2.68. The highest BCUT2D eigenvalue weighted by atomic mass is 16.1. The van der Waals surface area contributed by atoms with Crippen molar-refractivity contribution < 1.29 is 4.79 Å². The fourth-order valence-corrected chi connectivity index (χ4v) is 1.64. The van der Waals surface area contributed by atoms with Crippen LogP contribution < -0.4 is 5.73 Å². The number of benzene rings is 1. The van der Waals surface area contributed by atoms with E-state index in [1.165, 1.54) is 6.92 Å². The zero-order valence-electron chi connectivity index (χ0n) is 8.97. The number of pyridine rings is 1. The van der Waals surface area contributed by atoms with Gasteiger partial charge in [0, 0.05) is 17.3 Å². The standard InChI is InChI=1S/C13H12N2O/c1-9(16)10-5-2-3-6-11(10)13-12(14)7-4-8-15-13/h2-8H,14H2,1H3. The summed E-state index contributed by atoms with van der Waals surface area (Å²) in [6.45, 7) is 1.54. The van der Waals surface area contributed by atoms with Crippen LogP contribution in [0.5, 0.6) is 0 Å². The molecule has 0 aliphatic heterocycles. The Balaban J connectivity index is 2.65. The molecule has 0 saturated heterocycles. The molecule has 0 amide bonds. The minimum absolute atomic E-state index is 0.0145. The number of hydrogen-bond acceptors (Lipinski definition) is 3. The Morgan fingerprint density at radius 3 is 2.62 bits per heavy atom. The molecule has 0 radical (unpaired) electrons. The van der Waals surface area contributed by atoms with E-state index >= 15 is 0 Å². The molecule has 0 saturated carbocycles. The second-order valence-electron chi connectivity index (χ2n) is 3.54. The molecule has 0 atom stereocenters. The van der Waals surface area contributed by atoms with Crippen LogP contribution in [0.25, 0.3) is 11.3 Å². The number of ketones is 1. The van der Waals surface area contributed by atoms with E-state index < -0.39 is 0 Å². The molecule has 0 bridgehead atoms. The molecule has 1 aromatic heterocycles. The predicted molar refractivity (Wildman–Crippen MR) is 64.1 cm³/mol. The number of carbonyl (C=O) groups is 1. The van der Waals surface area contributed by atoms with Crippen LogP contribution in [0.4, 0.5) is 5.69 Å². The predicted octanol–water partition coefficient (Wildman–Crippen LogP) is 2.53.